The summed E-state index contributed by atoms with van der Waals surface area (Å²) >= 11 is 0. The maximum atomic E-state index is 13.0. The fraction of sp³-hybridized carbons (Fsp3) is 0.762. The average molecular weight is 421 g/mol. The molecule has 2 N–H and O–H groups in total. The van der Waals surface area contributed by atoms with Crippen LogP contribution >= 0.6 is 0 Å². The molecule has 1 saturated carbocycles. The number of nitriles is 1. The van der Waals surface area contributed by atoms with E-state index in [1.54, 1.807) is 20.8 Å². The van der Waals surface area contributed by atoms with Crippen LogP contribution in [0.25, 0.3) is 0 Å². The van der Waals surface area contributed by atoms with E-state index in [1.165, 1.54) is 0 Å². The van der Waals surface area contributed by atoms with Gasteiger partial charge in [0.25, 0.3) is 11.8 Å². The number of carbonyl (C=O) groups excluding carboxylic acids is 4. The van der Waals surface area contributed by atoms with E-state index < -0.39 is 48.0 Å². The lowest BCUT2D eigenvalue weighted by molar-refractivity contribution is -0.151. The maximum absolute atomic E-state index is 13.0. The summed E-state index contributed by atoms with van der Waals surface area (Å²) in [6, 6.07) is 1.41. The summed E-state index contributed by atoms with van der Waals surface area (Å²) < 4.78 is 4.94. The van der Waals surface area contributed by atoms with Gasteiger partial charge in [-0.25, -0.2) is 4.79 Å². The first kappa shape index (κ1) is 23.6. The van der Waals surface area contributed by atoms with E-state index in [2.05, 4.69) is 24.5 Å². The van der Waals surface area contributed by atoms with E-state index in [4.69, 9.17) is 4.74 Å². The quantitative estimate of drug-likeness (QED) is 0.497. The van der Waals surface area contributed by atoms with Crippen molar-refractivity contribution < 1.29 is 23.9 Å². The Morgan fingerprint density at radius 1 is 1.37 bits per heavy atom. The second-order valence-corrected chi connectivity index (χ2v) is 9.94. The van der Waals surface area contributed by atoms with Gasteiger partial charge >= 0.3 is 12.0 Å². The lowest BCUT2D eigenvalue weighted by atomic mass is 9.64. The molecule has 2 aliphatic rings. The van der Waals surface area contributed by atoms with E-state index in [-0.39, 0.29) is 17.3 Å². The van der Waals surface area contributed by atoms with Crippen LogP contribution in [-0.2, 0) is 19.1 Å². The third-order valence-corrected chi connectivity index (χ3v) is 6.06. The predicted octanol–water partition coefficient (Wildman–Crippen LogP) is 1.72. The van der Waals surface area contributed by atoms with Crippen molar-refractivity contribution in [2.24, 2.45) is 17.3 Å². The molecule has 0 radical (unpaired) electrons. The van der Waals surface area contributed by atoms with Crippen LogP contribution in [0.15, 0.2) is 0 Å². The number of amides is 4. The second kappa shape index (κ2) is 8.25. The van der Waals surface area contributed by atoms with Crippen molar-refractivity contribution in [3.05, 3.63) is 0 Å². The maximum Gasteiger partial charge on any atom is 0.326 e. The van der Waals surface area contributed by atoms with Crippen LogP contribution in [0.4, 0.5) is 4.79 Å². The molecule has 2 fully saturated rings. The molecule has 1 aliphatic carbocycles. The van der Waals surface area contributed by atoms with Gasteiger partial charge < -0.3 is 15.4 Å². The van der Waals surface area contributed by atoms with Crippen LogP contribution in [0.5, 0.6) is 0 Å². The minimum absolute atomic E-state index is 0.112. The topological polar surface area (TPSA) is 129 Å². The summed E-state index contributed by atoms with van der Waals surface area (Å²) in [5.41, 5.74) is -2.20. The highest BCUT2D eigenvalue weighted by Crippen LogP contribution is 2.46. The Labute approximate surface area is 177 Å². The molecule has 2 rings (SSSR count). The predicted molar refractivity (Wildman–Crippen MR) is 108 cm³/mol. The van der Waals surface area contributed by atoms with Gasteiger partial charge in [0.05, 0.1) is 6.07 Å². The SMILES string of the molecule is CC(C)[C@@](C)(C#N)NC(=O)COC(=O)CN1C(=O)N[C@@]2(C[C@H](C)CC(C)(C)C2)C1=O. The molecule has 0 unspecified atom stereocenters. The molecule has 9 heteroatoms. The molecule has 3 atom stereocenters. The molecule has 1 heterocycles. The number of rotatable bonds is 6. The molecule has 0 aromatic heterocycles. The highest BCUT2D eigenvalue weighted by Gasteiger charge is 2.56. The number of esters is 1. The number of nitrogens with one attached hydrogen (secondary N) is 2. The number of urea groups is 1. The smallest absolute Gasteiger partial charge is 0.326 e. The normalized spacial score (nSPS) is 27.4. The van der Waals surface area contributed by atoms with Gasteiger partial charge in [0.1, 0.15) is 17.6 Å². The molecule has 1 aliphatic heterocycles. The highest BCUT2D eigenvalue weighted by molar-refractivity contribution is 6.08. The standard InChI is InChI=1S/C21H32N4O5/c1-13(2)20(6,12-22)23-15(26)10-30-16(27)9-25-17(28)21(24-18(25)29)8-14(3)7-19(4,5)11-21/h13-14H,7-11H2,1-6H3,(H,23,26)(H,24,29)/t14-,20-,21-/m1/s1. The fourth-order valence-corrected chi connectivity index (χ4v) is 4.60. The number of carbonyl (C=O) groups is 4. The van der Waals surface area contributed by atoms with Crippen molar-refractivity contribution in [1.29, 1.82) is 5.26 Å². The number of imide groups is 1. The number of hydrogen-bond donors (Lipinski definition) is 2. The Morgan fingerprint density at radius 3 is 2.53 bits per heavy atom. The van der Waals surface area contributed by atoms with Crippen LogP contribution < -0.4 is 10.6 Å². The zero-order valence-corrected chi connectivity index (χ0v) is 18.6. The van der Waals surface area contributed by atoms with Crippen molar-refractivity contribution >= 4 is 23.8 Å². The van der Waals surface area contributed by atoms with Crippen LogP contribution in [0.1, 0.15) is 60.8 Å². The van der Waals surface area contributed by atoms with Gasteiger partial charge in [-0.05, 0) is 43.4 Å². The summed E-state index contributed by atoms with van der Waals surface area (Å²) in [4.78, 5) is 50.5. The van der Waals surface area contributed by atoms with E-state index in [1.807, 2.05) is 13.0 Å². The van der Waals surface area contributed by atoms with E-state index >= 15 is 0 Å². The minimum atomic E-state index is -1.09. The number of nitrogens with zero attached hydrogens (tertiary/aromatic N) is 2. The number of hydrogen-bond acceptors (Lipinski definition) is 6. The fourth-order valence-electron chi connectivity index (χ4n) is 4.60. The van der Waals surface area contributed by atoms with Crippen molar-refractivity contribution in [1.82, 2.24) is 15.5 Å². The highest BCUT2D eigenvalue weighted by atomic mass is 16.5. The summed E-state index contributed by atoms with van der Waals surface area (Å²) in [6.45, 7) is 10.2. The summed E-state index contributed by atoms with van der Waals surface area (Å²) in [7, 11) is 0. The average Bonchev–Trinajstić information content (AvgIpc) is 2.81. The Hall–Kier alpha value is -2.63. The lowest BCUT2D eigenvalue weighted by Crippen LogP contribution is -2.54. The summed E-state index contributed by atoms with van der Waals surface area (Å²) in [5, 5.41) is 14.6. The van der Waals surface area contributed by atoms with Gasteiger partial charge in [-0.1, -0.05) is 34.6 Å². The molecule has 0 aromatic rings. The molecule has 166 valence electrons. The van der Waals surface area contributed by atoms with Crippen LogP contribution in [-0.4, -0.2) is 52.9 Å². The molecule has 30 heavy (non-hydrogen) atoms. The Morgan fingerprint density at radius 2 is 2.00 bits per heavy atom. The van der Waals surface area contributed by atoms with Gasteiger partial charge in [0.15, 0.2) is 6.61 Å². The molecular formula is C21H32N4O5. The minimum Gasteiger partial charge on any atom is -0.454 e. The Kier molecular flexibility index (Phi) is 6.50. The molecule has 9 nitrogen and oxygen atoms in total. The van der Waals surface area contributed by atoms with Crippen molar-refractivity contribution in [2.45, 2.75) is 71.9 Å². The summed E-state index contributed by atoms with van der Waals surface area (Å²) in [5.74, 6) is -1.81. The molecule has 1 spiro atoms. The van der Waals surface area contributed by atoms with Crippen LogP contribution in [0.2, 0.25) is 0 Å². The van der Waals surface area contributed by atoms with Gasteiger partial charge in [0, 0.05) is 0 Å². The second-order valence-electron chi connectivity index (χ2n) is 9.94. The monoisotopic (exact) mass is 420 g/mol. The first-order valence-electron chi connectivity index (χ1n) is 10.3. The van der Waals surface area contributed by atoms with Crippen molar-refractivity contribution in [3.8, 4) is 6.07 Å². The van der Waals surface area contributed by atoms with Crippen molar-refractivity contribution in [2.75, 3.05) is 13.2 Å². The molecule has 0 aromatic carbocycles. The molecule has 1 saturated heterocycles. The number of ether oxygens (including phenoxy) is 1. The molecular weight excluding hydrogens is 388 g/mol. The van der Waals surface area contributed by atoms with E-state index in [0.29, 0.717) is 12.8 Å². The molecule has 4 amide bonds. The van der Waals surface area contributed by atoms with E-state index in [0.717, 1.165) is 11.3 Å². The zero-order valence-electron chi connectivity index (χ0n) is 18.6. The summed E-state index contributed by atoms with van der Waals surface area (Å²) in [6.07, 6.45) is 1.98. The van der Waals surface area contributed by atoms with Gasteiger partial charge in [-0.2, -0.15) is 5.26 Å². The van der Waals surface area contributed by atoms with Crippen LogP contribution in [0, 0.1) is 28.6 Å². The van der Waals surface area contributed by atoms with Gasteiger partial charge in [0.2, 0.25) is 0 Å². The van der Waals surface area contributed by atoms with Gasteiger partial charge in [-0.15, -0.1) is 0 Å². The van der Waals surface area contributed by atoms with Crippen molar-refractivity contribution in [3.63, 3.8) is 0 Å². The van der Waals surface area contributed by atoms with Gasteiger partial charge in [-0.3, -0.25) is 19.3 Å². The largest absolute Gasteiger partial charge is 0.454 e. The first-order chi connectivity index (χ1) is 13.7. The zero-order chi connectivity index (χ0) is 22.9. The lowest BCUT2D eigenvalue weighted by Gasteiger charge is -2.43. The third kappa shape index (κ3) is 4.91. The molecule has 0 bridgehead atoms. The Balaban J connectivity index is 1.96. The third-order valence-electron chi connectivity index (χ3n) is 6.06. The first-order valence-corrected chi connectivity index (χ1v) is 10.3. The van der Waals surface area contributed by atoms with E-state index in [9.17, 15) is 24.4 Å². The van der Waals surface area contributed by atoms with Crippen LogP contribution in [0.3, 0.4) is 0 Å². The Bertz CT molecular complexity index is 787.